The molecule has 1 unspecified atom stereocenters. The molecular formula is C27H30FN5O5. The number of carbonyl (C=O) groups excluding carboxylic acids is 2. The number of ketones is 1. The SMILES string of the molecule is CCOC(=O)N(c1c(C(=O)c2cnn(C)c2)oc2c(F)cc(-c3cn(C)cn3)cc12)[C@H]1CCOC(CC)C1. The van der Waals surface area contributed by atoms with Gasteiger partial charge in [-0.3, -0.25) is 14.4 Å². The molecule has 0 radical (unpaired) electrons. The lowest BCUT2D eigenvalue weighted by molar-refractivity contribution is 0.00468. The van der Waals surface area contributed by atoms with Crippen molar-refractivity contribution in [1.29, 1.82) is 0 Å². The summed E-state index contributed by atoms with van der Waals surface area (Å²) in [6, 6.07) is 2.66. The summed E-state index contributed by atoms with van der Waals surface area (Å²) in [6.45, 7) is 4.29. The van der Waals surface area contributed by atoms with Gasteiger partial charge in [0.1, 0.15) is 5.69 Å². The van der Waals surface area contributed by atoms with Crippen molar-refractivity contribution >= 4 is 28.5 Å². The van der Waals surface area contributed by atoms with Crippen molar-refractivity contribution in [3.63, 3.8) is 0 Å². The minimum absolute atomic E-state index is 0.0675. The van der Waals surface area contributed by atoms with Crippen molar-refractivity contribution < 1.29 is 27.9 Å². The van der Waals surface area contributed by atoms with Crippen molar-refractivity contribution in [3.05, 3.63) is 54.2 Å². The number of ether oxygens (including phenoxy) is 2. The Bertz CT molecular complexity index is 1490. The van der Waals surface area contributed by atoms with Crippen LogP contribution in [0.4, 0.5) is 14.9 Å². The quantitative estimate of drug-likeness (QED) is 0.319. The van der Waals surface area contributed by atoms with E-state index in [1.54, 1.807) is 43.3 Å². The average Bonchev–Trinajstić information content (AvgIpc) is 3.63. The summed E-state index contributed by atoms with van der Waals surface area (Å²) < 4.78 is 36.1. The predicted octanol–water partition coefficient (Wildman–Crippen LogP) is 4.86. The number of nitrogens with zero attached hydrogens (tertiary/aromatic N) is 5. The van der Waals surface area contributed by atoms with E-state index in [0.717, 1.165) is 6.42 Å². The molecule has 1 amide bonds. The summed E-state index contributed by atoms with van der Waals surface area (Å²) in [5, 5.41) is 4.37. The van der Waals surface area contributed by atoms with Crippen LogP contribution in [0.25, 0.3) is 22.2 Å². The van der Waals surface area contributed by atoms with Crippen LogP contribution in [0.5, 0.6) is 0 Å². The van der Waals surface area contributed by atoms with Crippen LogP contribution in [0, 0.1) is 5.82 Å². The van der Waals surface area contributed by atoms with Crippen LogP contribution in [-0.2, 0) is 23.6 Å². The number of furan rings is 1. The smallest absolute Gasteiger partial charge is 0.414 e. The summed E-state index contributed by atoms with van der Waals surface area (Å²) in [6.07, 6.45) is 7.44. The van der Waals surface area contributed by atoms with E-state index in [1.165, 1.54) is 21.8 Å². The van der Waals surface area contributed by atoms with Gasteiger partial charge in [-0.2, -0.15) is 5.10 Å². The highest BCUT2D eigenvalue weighted by atomic mass is 19.1. The highest BCUT2D eigenvalue weighted by Gasteiger charge is 2.38. The van der Waals surface area contributed by atoms with Gasteiger partial charge in [-0.15, -0.1) is 0 Å². The second-order valence-corrected chi connectivity index (χ2v) is 9.42. The van der Waals surface area contributed by atoms with E-state index >= 15 is 4.39 Å². The highest BCUT2D eigenvalue weighted by Crippen LogP contribution is 2.41. The van der Waals surface area contributed by atoms with E-state index in [2.05, 4.69) is 10.1 Å². The van der Waals surface area contributed by atoms with Crippen molar-refractivity contribution in [2.24, 2.45) is 14.1 Å². The predicted molar refractivity (Wildman–Crippen MR) is 138 cm³/mol. The summed E-state index contributed by atoms with van der Waals surface area (Å²) in [5.74, 6) is -1.34. The third kappa shape index (κ3) is 4.69. The maximum Gasteiger partial charge on any atom is 0.414 e. The first-order chi connectivity index (χ1) is 18.3. The Kier molecular flexibility index (Phi) is 7.02. The molecule has 11 heteroatoms. The largest absolute Gasteiger partial charge is 0.449 e. The number of aryl methyl sites for hydroxylation is 2. The van der Waals surface area contributed by atoms with Gasteiger partial charge >= 0.3 is 6.09 Å². The van der Waals surface area contributed by atoms with Gasteiger partial charge in [0.05, 0.1) is 36.5 Å². The Morgan fingerprint density at radius 3 is 2.71 bits per heavy atom. The zero-order chi connectivity index (χ0) is 27.0. The monoisotopic (exact) mass is 523 g/mol. The molecule has 38 heavy (non-hydrogen) atoms. The number of anilines is 1. The zero-order valence-electron chi connectivity index (χ0n) is 21.8. The van der Waals surface area contributed by atoms with Gasteiger partial charge in [0.2, 0.25) is 5.78 Å². The minimum Gasteiger partial charge on any atom is -0.449 e. The number of hydrogen-bond donors (Lipinski definition) is 0. The molecule has 200 valence electrons. The summed E-state index contributed by atoms with van der Waals surface area (Å²) >= 11 is 0. The molecule has 0 N–H and O–H groups in total. The molecule has 1 aliphatic rings. The van der Waals surface area contributed by atoms with Crippen LogP contribution in [0.1, 0.15) is 49.2 Å². The molecule has 0 saturated carbocycles. The van der Waals surface area contributed by atoms with Gasteiger partial charge in [0, 0.05) is 50.1 Å². The zero-order valence-corrected chi connectivity index (χ0v) is 21.8. The fourth-order valence-corrected chi connectivity index (χ4v) is 4.91. The van der Waals surface area contributed by atoms with Crippen LogP contribution in [0.2, 0.25) is 0 Å². The van der Waals surface area contributed by atoms with Crippen molar-refractivity contribution in [2.75, 3.05) is 18.1 Å². The number of imidazole rings is 1. The number of carbonyl (C=O) groups is 2. The Balaban J connectivity index is 1.76. The second-order valence-electron chi connectivity index (χ2n) is 9.42. The molecule has 3 aromatic heterocycles. The molecule has 0 bridgehead atoms. The number of benzene rings is 1. The number of rotatable bonds is 7. The normalized spacial score (nSPS) is 17.6. The van der Waals surface area contributed by atoms with Gasteiger partial charge in [0.25, 0.3) is 0 Å². The summed E-state index contributed by atoms with van der Waals surface area (Å²) in [7, 11) is 3.50. The molecule has 0 aliphatic carbocycles. The van der Waals surface area contributed by atoms with E-state index in [4.69, 9.17) is 13.9 Å². The van der Waals surface area contributed by atoms with Crippen molar-refractivity contribution in [3.8, 4) is 11.3 Å². The first kappa shape index (κ1) is 25.7. The molecule has 1 fully saturated rings. The highest BCUT2D eigenvalue weighted by molar-refractivity contribution is 6.17. The molecule has 1 saturated heterocycles. The molecule has 0 spiro atoms. The number of amides is 1. The first-order valence-corrected chi connectivity index (χ1v) is 12.7. The van der Waals surface area contributed by atoms with E-state index in [0.29, 0.717) is 30.7 Å². The van der Waals surface area contributed by atoms with Crippen LogP contribution in [0.3, 0.4) is 0 Å². The van der Waals surface area contributed by atoms with Gasteiger partial charge in [-0.05, 0) is 38.3 Å². The second kappa shape index (κ2) is 10.4. The van der Waals surface area contributed by atoms with Crippen LogP contribution in [0.15, 0.2) is 41.5 Å². The number of halogens is 1. The average molecular weight is 524 g/mol. The molecule has 4 aromatic rings. The molecule has 10 nitrogen and oxygen atoms in total. The summed E-state index contributed by atoms with van der Waals surface area (Å²) in [4.78, 5) is 33.0. The fraction of sp³-hybridized carbons (Fsp3) is 0.407. The summed E-state index contributed by atoms with van der Waals surface area (Å²) in [5.41, 5.74) is 1.33. The fourth-order valence-electron chi connectivity index (χ4n) is 4.91. The Morgan fingerprint density at radius 1 is 1.24 bits per heavy atom. The van der Waals surface area contributed by atoms with Gasteiger partial charge in [-0.25, -0.2) is 14.2 Å². The lowest BCUT2D eigenvalue weighted by atomic mass is 9.98. The van der Waals surface area contributed by atoms with E-state index in [-0.39, 0.29) is 46.7 Å². The Labute approximate surface area is 218 Å². The number of fused-ring (bicyclic) bond motifs is 1. The lowest BCUT2D eigenvalue weighted by Gasteiger charge is -2.36. The maximum atomic E-state index is 15.6. The topological polar surface area (TPSA) is 105 Å². The Hall–Kier alpha value is -3.99. The third-order valence-electron chi connectivity index (χ3n) is 6.76. The maximum absolute atomic E-state index is 15.6. The molecule has 5 rings (SSSR count). The molecule has 2 atom stereocenters. The van der Waals surface area contributed by atoms with Crippen molar-refractivity contribution in [2.45, 2.75) is 45.3 Å². The Morgan fingerprint density at radius 2 is 2.05 bits per heavy atom. The van der Waals surface area contributed by atoms with Gasteiger partial charge in [-0.1, -0.05) is 6.92 Å². The van der Waals surface area contributed by atoms with Crippen molar-refractivity contribution in [1.82, 2.24) is 19.3 Å². The van der Waals surface area contributed by atoms with Gasteiger partial charge in [0.15, 0.2) is 17.2 Å². The molecule has 1 aromatic carbocycles. The minimum atomic E-state index is -0.670. The van der Waals surface area contributed by atoms with E-state index < -0.39 is 17.7 Å². The number of hydrogen-bond acceptors (Lipinski definition) is 7. The lowest BCUT2D eigenvalue weighted by Crippen LogP contribution is -2.46. The first-order valence-electron chi connectivity index (χ1n) is 12.7. The third-order valence-corrected chi connectivity index (χ3v) is 6.76. The molecule has 4 heterocycles. The van der Waals surface area contributed by atoms with E-state index in [1.807, 2.05) is 14.0 Å². The van der Waals surface area contributed by atoms with E-state index in [9.17, 15) is 9.59 Å². The molecular weight excluding hydrogens is 493 g/mol. The number of aromatic nitrogens is 4. The van der Waals surface area contributed by atoms with Crippen LogP contribution >= 0.6 is 0 Å². The molecule has 1 aliphatic heterocycles. The van der Waals surface area contributed by atoms with Gasteiger partial charge < -0.3 is 18.5 Å². The van der Waals surface area contributed by atoms with Crippen LogP contribution in [-0.4, -0.2) is 56.6 Å². The van der Waals surface area contributed by atoms with Crippen LogP contribution < -0.4 is 4.90 Å². The standard InChI is InChI=1S/C27H30FN5O5/c1-5-19-11-18(7-8-37-19)33(27(35)36-6-2)23-20-9-16(22-14-31(3)15-29-22)10-21(28)25(20)38-26(23)24(34)17-12-30-32(4)13-17/h9-10,12-15,18-19H,5-8,11H2,1-4H3/t18-,19?/m0/s1.